The van der Waals surface area contributed by atoms with E-state index in [-0.39, 0.29) is 24.3 Å². The molecule has 0 spiro atoms. The number of ether oxygens (including phenoxy) is 2. The van der Waals surface area contributed by atoms with Gasteiger partial charge in [-0.25, -0.2) is 14.6 Å². The monoisotopic (exact) mass is 742 g/mol. The molecule has 11 heteroatoms. The molecule has 1 N–H and O–H groups in total. The Morgan fingerprint density at radius 3 is 2.30 bits per heavy atom. The lowest BCUT2D eigenvalue weighted by atomic mass is 9.89. The van der Waals surface area contributed by atoms with Crippen LogP contribution in [0.15, 0.2) is 103 Å². The van der Waals surface area contributed by atoms with Gasteiger partial charge < -0.3 is 14.6 Å². The molecule has 0 unspecified atom stereocenters. The molecule has 6 rings (SSSR count). The number of nitrogens with zero attached hydrogens (tertiary/aromatic N) is 2. The van der Waals surface area contributed by atoms with Crippen LogP contribution in [0.3, 0.4) is 0 Å². The molecule has 0 radical (unpaired) electrons. The largest absolute Gasteiger partial charge is 0.489 e. The molecule has 0 saturated heterocycles. The Kier molecular flexibility index (Phi) is 11.8. The van der Waals surface area contributed by atoms with Gasteiger partial charge in [-0.15, -0.1) is 0 Å². The van der Waals surface area contributed by atoms with Gasteiger partial charge in [-0.1, -0.05) is 72.3 Å². The lowest BCUT2D eigenvalue weighted by molar-refractivity contribution is -0.137. The van der Waals surface area contributed by atoms with Crippen molar-refractivity contribution >= 4 is 23.5 Å². The SMILES string of the molecule is COC(=O)c1ccc(CCN(CCc2ccccc2OCc2ccc(-c3ccc(C(F)(F)F)cc3)cc2Cl)[C@H]2CCCc3nc(C(=O)O)ccc32)cc1. The Labute approximate surface area is 311 Å². The Morgan fingerprint density at radius 1 is 0.887 bits per heavy atom. The third-order valence-electron chi connectivity index (χ3n) is 9.60. The number of aryl methyl sites for hydroxylation is 1. The van der Waals surface area contributed by atoms with Gasteiger partial charge in [0, 0.05) is 35.4 Å². The first-order valence-corrected chi connectivity index (χ1v) is 17.7. The van der Waals surface area contributed by atoms with Crippen LogP contribution in [0.1, 0.15) is 73.2 Å². The fourth-order valence-electron chi connectivity index (χ4n) is 6.72. The van der Waals surface area contributed by atoms with Crippen molar-refractivity contribution in [2.45, 2.75) is 50.9 Å². The van der Waals surface area contributed by atoms with E-state index in [4.69, 9.17) is 21.1 Å². The number of carboxylic acid groups (broad SMARTS) is 1. The van der Waals surface area contributed by atoms with Crippen LogP contribution in [0.5, 0.6) is 5.75 Å². The smallest absolute Gasteiger partial charge is 0.416 e. The molecule has 4 aromatic carbocycles. The number of alkyl halides is 3. The fraction of sp³-hybridized carbons (Fsp3) is 0.262. The van der Waals surface area contributed by atoms with Gasteiger partial charge in [0.1, 0.15) is 18.1 Å². The highest BCUT2D eigenvalue weighted by atomic mass is 35.5. The van der Waals surface area contributed by atoms with Gasteiger partial charge in [0.25, 0.3) is 0 Å². The first kappa shape index (κ1) is 37.6. The highest BCUT2D eigenvalue weighted by Gasteiger charge is 2.30. The van der Waals surface area contributed by atoms with Crippen LogP contribution >= 0.6 is 11.6 Å². The molecule has 0 fully saturated rings. The minimum atomic E-state index is -4.40. The number of halogens is 4. The standard InChI is InChI=1S/C42H38ClF3N2O5/c1-52-41(51)30-11-9-27(10-12-30)21-23-48(38-7-4-6-36-34(38)19-20-37(47-36)40(49)50)24-22-29-5-2-3-8-39(29)53-26-32-14-13-31(25-35(32)43)28-15-17-33(18-16-28)42(44,45)46/h2-3,5,8-20,25,38H,4,6-7,21-24,26H2,1H3,(H,49,50)/t38-/m0/s1. The number of methoxy groups -OCH3 is 1. The van der Waals surface area contributed by atoms with E-state index in [2.05, 4.69) is 9.88 Å². The third kappa shape index (κ3) is 9.25. The lowest BCUT2D eigenvalue weighted by Crippen LogP contribution is -2.35. The summed E-state index contributed by atoms with van der Waals surface area (Å²) in [5, 5.41) is 9.99. The lowest BCUT2D eigenvalue weighted by Gasteiger charge is -2.36. The Bertz CT molecular complexity index is 2070. The summed E-state index contributed by atoms with van der Waals surface area (Å²) in [5.74, 6) is -0.718. The number of esters is 1. The second-order valence-corrected chi connectivity index (χ2v) is 13.4. The molecule has 7 nitrogen and oxygen atoms in total. The molecule has 0 aliphatic heterocycles. The normalized spacial score (nSPS) is 14.1. The van der Waals surface area contributed by atoms with Crippen molar-refractivity contribution in [2.24, 2.45) is 0 Å². The molecule has 1 aromatic heterocycles. The van der Waals surface area contributed by atoms with Crippen molar-refractivity contribution in [3.05, 3.63) is 153 Å². The van der Waals surface area contributed by atoms with Crippen molar-refractivity contribution in [3.63, 3.8) is 0 Å². The molecule has 1 aliphatic rings. The summed E-state index contributed by atoms with van der Waals surface area (Å²) in [4.78, 5) is 30.5. The van der Waals surface area contributed by atoms with Crippen molar-refractivity contribution < 1.29 is 37.3 Å². The van der Waals surface area contributed by atoms with Gasteiger partial charge in [-0.05, 0) is 102 Å². The quantitative estimate of drug-likeness (QED) is 0.120. The number of aromatic nitrogens is 1. The molecular formula is C42H38ClF3N2O5. The highest BCUT2D eigenvalue weighted by Crippen LogP contribution is 2.35. The molecule has 1 atom stereocenters. The van der Waals surface area contributed by atoms with Gasteiger partial charge >= 0.3 is 18.1 Å². The fourth-order valence-corrected chi connectivity index (χ4v) is 6.96. The van der Waals surface area contributed by atoms with Crippen molar-refractivity contribution in [1.82, 2.24) is 9.88 Å². The number of pyridine rings is 1. The summed E-state index contributed by atoms with van der Waals surface area (Å²) in [7, 11) is 1.36. The second-order valence-electron chi connectivity index (χ2n) is 12.9. The maximum atomic E-state index is 13.0. The van der Waals surface area contributed by atoms with E-state index in [9.17, 15) is 27.9 Å². The van der Waals surface area contributed by atoms with E-state index in [1.165, 1.54) is 19.2 Å². The predicted molar refractivity (Wildman–Crippen MR) is 196 cm³/mol. The molecule has 53 heavy (non-hydrogen) atoms. The van der Waals surface area contributed by atoms with Crippen LogP contribution in [0.25, 0.3) is 11.1 Å². The molecule has 0 amide bonds. The first-order valence-electron chi connectivity index (χ1n) is 17.3. The number of rotatable bonds is 13. The molecule has 1 aliphatic carbocycles. The van der Waals surface area contributed by atoms with Crippen LogP contribution in [-0.4, -0.2) is 47.1 Å². The average Bonchev–Trinajstić information content (AvgIpc) is 3.17. The highest BCUT2D eigenvalue weighted by molar-refractivity contribution is 6.31. The minimum absolute atomic E-state index is 0.0403. The number of benzene rings is 4. The van der Waals surface area contributed by atoms with E-state index in [1.54, 1.807) is 24.3 Å². The number of carboxylic acids is 1. The zero-order chi connectivity index (χ0) is 37.5. The van der Waals surface area contributed by atoms with Crippen molar-refractivity contribution in [2.75, 3.05) is 20.2 Å². The molecule has 1 heterocycles. The van der Waals surface area contributed by atoms with E-state index >= 15 is 0 Å². The predicted octanol–water partition coefficient (Wildman–Crippen LogP) is 9.65. The van der Waals surface area contributed by atoms with E-state index < -0.39 is 17.7 Å². The van der Waals surface area contributed by atoms with E-state index in [0.29, 0.717) is 47.0 Å². The maximum absolute atomic E-state index is 13.0. The molecule has 0 saturated carbocycles. The number of para-hydroxylation sites is 1. The van der Waals surface area contributed by atoms with Crippen molar-refractivity contribution in [1.29, 1.82) is 0 Å². The number of hydrogen-bond donors (Lipinski definition) is 1. The van der Waals surface area contributed by atoms with Gasteiger partial charge in [-0.2, -0.15) is 13.2 Å². The molecular weight excluding hydrogens is 705 g/mol. The Balaban J connectivity index is 1.17. The first-order chi connectivity index (χ1) is 25.5. The number of aromatic carboxylic acids is 1. The zero-order valence-electron chi connectivity index (χ0n) is 29.0. The van der Waals surface area contributed by atoms with Crippen molar-refractivity contribution in [3.8, 4) is 16.9 Å². The van der Waals surface area contributed by atoms with Crippen LogP contribution in [-0.2, 0) is 36.8 Å². The number of carbonyl (C=O) groups is 2. The topological polar surface area (TPSA) is 89.0 Å². The zero-order valence-corrected chi connectivity index (χ0v) is 29.8. The Morgan fingerprint density at radius 2 is 1.60 bits per heavy atom. The molecule has 274 valence electrons. The van der Waals surface area contributed by atoms with Crippen LogP contribution in [0.4, 0.5) is 13.2 Å². The number of carbonyl (C=O) groups excluding carboxylic acids is 1. The van der Waals surface area contributed by atoms with E-state index in [1.807, 2.05) is 54.6 Å². The Hall–Kier alpha value is -5.19. The minimum Gasteiger partial charge on any atom is -0.489 e. The molecule has 0 bridgehead atoms. The van der Waals surface area contributed by atoms with Crippen LogP contribution in [0, 0.1) is 0 Å². The van der Waals surface area contributed by atoms with Crippen LogP contribution in [0.2, 0.25) is 5.02 Å². The number of fused-ring (bicyclic) bond motifs is 1. The second kappa shape index (κ2) is 16.7. The average molecular weight is 743 g/mol. The summed E-state index contributed by atoms with van der Waals surface area (Å²) in [6, 6.07) is 29.1. The number of hydrogen-bond acceptors (Lipinski definition) is 6. The van der Waals surface area contributed by atoms with Crippen LogP contribution < -0.4 is 4.74 Å². The summed E-state index contributed by atoms with van der Waals surface area (Å²) < 4.78 is 50.2. The van der Waals surface area contributed by atoms with Gasteiger partial charge in [0.15, 0.2) is 0 Å². The maximum Gasteiger partial charge on any atom is 0.416 e. The summed E-state index contributed by atoms with van der Waals surface area (Å²) in [5.41, 5.74) is 5.83. The molecule has 5 aromatic rings. The van der Waals surface area contributed by atoms with Gasteiger partial charge in [0.05, 0.1) is 18.2 Å². The van der Waals surface area contributed by atoms with E-state index in [0.717, 1.165) is 65.8 Å². The summed E-state index contributed by atoms with van der Waals surface area (Å²) >= 11 is 6.64. The van der Waals surface area contributed by atoms with Gasteiger partial charge in [0.2, 0.25) is 0 Å². The van der Waals surface area contributed by atoms with Gasteiger partial charge in [-0.3, -0.25) is 4.90 Å². The summed E-state index contributed by atoms with van der Waals surface area (Å²) in [6.45, 7) is 1.60. The summed E-state index contributed by atoms with van der Waals surface area (Å²) in [6.07, 6.45) is -0.491. The third-order valence-corrected chi connectivity index (χ3v) is 9.96.